The van der Waals surface area contributed by atoms with E-state index < -0.39 is 10.0 Å². The zero-order valence-corrected chi connectivity index (χ0v) is 19.7. The lowest BCUT2D eigenvalue weighted by Crippen LogP contribution is -2.46. The molecule has 1 amide bonds. The van der Waals surface area contributed by atoms with Crippen molar-refractivity contribution < 1.29 is 13.2 Å². The van der Waals surface area contributed by atoms with Gasteiger partial charge in [-0.2, -0.15) is 4.31 Å². The van der Waals surface area contributed by atoms with Crippen LogP contribution in [0.2, 0.25) is 0 Å². The third kappa shape index (κ3) is 4.62. The smallest absolute Gasteiger partial charge is 0.244 e. The SMILES string of the molecule is Cc1cc(C)c(S(=O)(=O)N(CC(=O)N(Cc2cccn2C)C2CC2)C(C)C)c(C)c1. The lowest BCUT2D eigenvalue weighted by Gasteiger charge is -2.30. The molecule has 3 rings (SSSR count). The number of aryl methyl sites for hydroxylation is 4. The molecule has 6 nitrogen and oxygen atoms in total. The molecule has 1 aliphatic carbocycles. The van der Waals surface area contributed by atoms with Gasteiger partial charge in [0, 0.05) is 31.0 Å². The van der Waals surface area contributed by atoms with Crippen LogP contribution < -0.4 is 0 Å². The number of amides is 1. The summed E-state index contributed by atoms with van der Waals surface area (Å²) in [4.78, 5) is 15.4. The number of carbonyl (C=O) groups excluding carboxylic acids is 1. The van der Waals surface area contributed by atoms with E-state index in [2.05, 4.69) is 0 Å². The van der Waals surface area contributed by atoms with Crippen molar-refractivity contribution in [2.45, 2.75) is 71.0 Å². The molecule has 1 saturated carbocycles. The van der Waals surface area contributed by atoms with E-state index in [1.165, 1.54) is 4.31 Å². The fourth-order valence-corrected chi connectivity index (χ4v) is 6.10. The van der Waals surface area contributed by atoms with Gasteiger partial charge in [-0.1, -0.05) is 17.7 Å². The van der Waals surface area contributed by atoms with Crippen LogP contribution in [-0.4, -0.2) is 46.7 Å². The van der Waals surface area contributed by atoms with Crippen molar-refractivity contribution in [3.05, 3.63) is 52.8 Å². The van der Waals surface area contributed by atoms with E-state index in [0.29, 0.717) is 22.6 Å². The van der Waals surface area contributed by atoms with Gasteiger partial charge in [0.2, 0.25) is 15.9 Å². The quantitative estimate of drug-likeness (QED) is 0.642. The zero-order valence-electron chi connectivity index (χ0n) is 18.8. The first kappa shape index (κ1) is 22.6. The van der Waals surface area contributed by atoms with Crippen LogP contribution >= 0.6 is 0 Å². The van der Waals surface area contributed by atoms with Gasteiger partial charge in [-0.15, -0.1) is 0 Å². The largest absolute Gasteiger partial charge is 0.353 e. The van der Waals surface area contributed by atoms with Crippen molar-refractivity contribution in [1.29, 1.82) is 0 Å². The second-order valence-corrected chi connectivity index (χ2v) is 10.6. The van der Waals surface area contributed by atoms with Gasteiger partial charge >= 0.3 is 0 Å². The topological polar surface area (TPSA) is 62.6 Å². The van der Waals surface area contributed by atoms with E-state index >= 15 is 0 Å². The molecule has 7 heteroatoms. The van der Waals surface area contributed by atoms with Crippen molar-refractivity contribution in [2.24, 2.45) is 7.05 Å². The van der Waals surface area contributed by atoms with Crippen molar-refractivity contribution in [3.8, 4) is 0 Å². The first-order valence-corrected chi connectivity index (χ1v) is 12.0. The van der Waals surface area contributed by atoms with Crippen LogP contribution in [0.3, 0.4) is 0 Å². The minimum Gasteiger partial charge on any atom is -0.353 e. The van der Waals surface area contributed by atoms with E-state index in [1.807, 2.05) is 81.6 Å². The van der Waals surface area contributed by atoms with Gasteiger partial charge in [0.05, 0.1) is 18.0 Å². The van der Waals surface area contributed by atoms with E-state index in [4.69, 9.17) is 0 Å². The summed E-state index contributed by atoms with van der Waals surface area (Å²) in [6, 6.07) is 7.59. The second kappa shape index (κ2) is 8.55. The Labute approximate surface area is 180 Å². The maximum Gasteiger partial charge on any atom is 0.244 e. The van der Waals surface area contributed by atoms with Crippen molar-refractivity contribution in [1.82, 2.24) is 13.8 Å². The summed E-state index contributed by atoms with van der Waals surface area (Å²) in [5.41, 5.74) is 3.50. The van der Waals surface area contributed by atoms with Crippen LogP contribution in [0.1, 0.15) is 49.1 Å². The molecule has 0 saturated heterocycles. The number of benzene rings is 1. The van der Waals surface area contributed by atoms with Gasteiger partial charge in [-0.05, 0) is 70.7 Å². The monoisotopic (exact) mass is 431 g/mol. The molecule has 1 fully saturated rings. The average molecular weight is 432 g/mol. The molecule has 0 unspecified atom stereocenters. The lowest BCUT2D eigenvalue weighted by atomic mass is 10.1. The Morgan fingerprint density at radius 3 is 2.23 bits per heavy atom. The first-order valence-electron chi connectivity index (χ1n) is 10.5. The molecular weight excluding hydrogens is 398 g/mol. The van der Waals surface area contributed by atoms with Crippen LogP contribution in [0.5, 0.6) is 0 Å². The highest BCUT2D eigenvalue weighted by Gasteiger charge is 2.37. The van der Waals surface area contributed by atoms with Crippen LogP contribution in [-0.2, 0) is 28.4 Å². The Morgan fingerprint density at radius 2 is 1.77 bits per heavy atom. The first-order chi connectivity index (χ1) is 14.0. The van der Waals surface area contributed by atoms with Gasteiger partial charge in [0.15, 0.2) is 0 Å². The number of hydrogen-bond donors (Lipinski definition) is 0. The third-order valence-corrected chi connectivity index (χ3v) is 8.06. The Balaban J connectivity index is 1.89. The van der Waals surface area contributed by atoms with Crippen molar-refractivity contribution >= 4 is 15.9 Å². The third-order valence-electron chi connectivity index (χ3n) is 5.73. The number of sulfonamides is 1. The zero-order chi connectivity index (χ0) is 22.2. The fourth-order valence-electron chi connectivity index (χ4n) is 4.10. The lowest BCUT2D eigenvalue weighted by molar-refractivity contribution is -0.133. The maximum absolute atomic E-state index is 13.6. The van der Waals surface area contributed by atoms with Gasteiger partial charge < -0.3 is 9.47 Å². The Kier molecular flexibility index (Phi) is 6.43. The maximum atomic E-state index is 13.6. The van der Waals surface area contributed by atoms with Gasteiger partial charge in [-0.3, -0.25) is 4.79 Å². The van der Waals surface area contributed by atoms with E-state index in [0.717, 1.165) is 24.1 Å². The molecule has 1 aromatic carbocycles. The van der Waals surface area contributed by atoms with Crippen LogP contribution in [0.15, 0.2) is 35.4 Å². The summed E-state index contributed by atoms with van der Waals surface area (Å²) in [6.07, 6.45) is 3.90. The van der Waals surface area contributed by atoms with Crippen molar-refractivity contribution in [2.75, 3.05) is 6.54 Å². The predicted octanol–water partition coefficient (Wildman–Crippen LogP) is 3.54. The molecular formula is C23H33N3O3S. The second-order valence-electron chi connectivity index (χ2n) is 8.74. The summed E-state index contributed by atoms with van der Waals surface area (Å²) in [7, 11) is -1.84. The Hall–Kier alpha value is -2.12. The van der Waals surface area contributed by atoms with Crippen LogP contribution in [0, 0.1) is 20.8 Å². The summed E-state index contributed by atoms with van der Waals surface area (Å²) < 4.78 is 30.5. The van der Waals surface area contributed by atoms with Gasteiger partial charge in [-0.25, -0.2) is 8.42 Å². The Bertz CT molecular complexity index is 1010. The fraction of sp³-hybridized carbons (Fsp3) is 0.522. The molecule has 0 aliphatic heterocycles. The number of rotatable bonds is 8. The standard InChI is InChI=1S/C23H33N3O3S/c1-16(2)26(30(28,29)23-18(4)12-17(3)13-19(23)5)15-22(27)25(20-9-10-20)14-21-8-7-11-24(21)6/h7-8,11-13,16,20H,9-10,14-15H2,1-6H3. The molecule has 1 aliphatic rings. The normalized spacial score (nSPS) is 14.5. The van der Waals surface area contributed by atoms with Crippen molar-refractivity contribution in [3.63, 3.8) is 0 Å². The molecule has 0 spiro atoms. The minimum absolute atomic E-state index is 0.140. The summed E-state index contributed by atoms with van der Waals surface area (Å²) in [5, 5.41) is 0. The molecule has 164 valence electrons. The molecule has 0 atom stereocenters. The van der Waals surface area contributed by atoms with E-state index in [1.54, 1.807) is 0 Å². The molecule has 30 heavy (non-hydrogen) atoms. The molecule has 1 aromatic heterocycles. The number of aromatic nitrogens is 1. The van der Waals surface area contributed by atoms with Gasteiger partial charge in [0.1, 0.15) is 0 Å². The van der Waals surface area contributed by atoms with Crippen LogP contribution in [0.25, 0.3) is 0 Å². The molecule has 0 bridgehead atoms. The van der Waals surface area contributed by atoms with E-state index in [9.17, 15) is 13.2 Å². The van der Waals surface area contributed by atoms with Crippen LogP contribution in [0.4, 0.5) is 0 Å². The molecule has 2 aromatic rings. The Morgan fingerprint density at radius 1 is 1.17 bits per heavy atom. The summed E-state index contributed by atoms with van der Waals surface area (Å²) in [6.45, 7) is 9.59. The average Bonchev–Trinajstić information content (AvgIpc) is 3.38. The number of carbonyl (C=O) groups is 1. The summed E-state index contributed by atoms with van der Waals surface area (Å²) in [5.74, 6) is -0.140. The highest BCUT2D eigenvalue weighted by atomic mass is 32.2. The number of nitrogens with zero attached hydrogens (tertiary/aromatic N) is 3. The number of hydrogen-bond acceptors (Lipinski definition) is 3. The van der Waals surface area contributed by atoms with E-state index in [-0.39, 0.29) is 24.5 Å². The minimum atomic E-state index is -3.80. The highest BCUT2D eigenvalue weighted by molar-refractivity contribution is 7.89. The summed E-state index contributed by atoms with van der Waals surface area (Å²) >= 11 is 0. The predicted molar refractivity (Wildman–Crippen MR) is 119 cm³/mol. The highest BCUT2D eigenvalue weighted by Crippen LogP contribution is 2.30. The molecule has 0 radical (unpaired) electrons. The molecule has 1 heterocycles. The molecule has 0 N–H and O–H groups in total. The van der Waals surface area contributed by atoms with Gasteiger partial charge in [0.25, 0.3) is 0 Å².